The second-order valence-electron chi connectivity index (χ2n) is 5.55. The minimum absolute atomic E-state index is 0. The van der Waals surface area contributed by atoms with Crippen LogP contribution >= 0.6 is 12.4 Å². The number of hydrogen-bond donors (Lipinski definition) is 2. The summed E-state index contributed by atoms with van der Waals surface area (Å²) in [7, 11) is -3.19. The highest BCUT2D eigenvalue weighted by molar-refractivity contribution is 7.89. The third-order valence-corrected chi connectivity index (χ3v) is 4.25. The summed E-state index contributed by atoms with van der Waals surface area (Å²) in [6.45, 7) is -0.399. The first-order valence-electron chi connectivity index (χ1n) is 6.80. The largest absolute Gasteiger partial charge is 0.351 e. The van der Waals surface area contributed by atoms with Gasteiger partial charge in [0.25, 0.3) is 5.92 Å². The molecule has 2 N–H and O–H groups in total. The van der Waals surface area contributed by atoms with E-state index < -0.39 is 40.7 Å². The molecule has 5 nitrogen and oxygen atoms in total. The van der Waals surface area contributed by atoms with Crippen LogP contribution in [0.2, 0.25) is 0 Å². The van der Waals surface area contributed by atoms with Crippen molar-refractivity contribution >= 4 is 28.2 Å². The minimum atomic E-state index is -3.19. The molecule has 1 unspecified atom stereocenters. The Bertz CT molecular complexity index is 668. The van der Waals surface area contributed by atoms with Crippen LogP contribution in [0.4, 0.5) is 8.78 Å². The van der Waals surface area contributed by atoms with Crippen molar-refractivity contribution in [1.82, 2.24) is 10.6 Å². The van der Waals surface area contributed by atoms with E-state index in [-0.39, 0.29) is 24.7 Å². The van der Waals surface area contributed by atoms with Gasteiger partial charge in [-0.15, -0.1) is 12.4 Å². The summed E-state index contributed by atoms with van der Waals surface area (Å²) in [5.74, 6) is -3.50. The lowest BCUT2D eigenvalue weighted by Gasteiger charge is -2.13. The number of nitrogens with one attached hydrogen (secondary N) is 2. The van der Waals surface area contributed by atoms with Gasteiger partial charge in [-0.05, 0) is 11.1 Å². The van der Waals surface area contributed by atoms with Crippen molar-refractivity contribution in [3.8, 4) is 0 Å². The van der Waals surface area contributed by atoms with Gasteiger partial charge in [-0.2, -0.15) is 0 Å². The number of carbonyl (C=O) groups is 1. The van der Waals surface area contributed by atoms with Crippen molar-refractivity contribution in [3.63, 3.8) is 0 Å². The predicted molar refractivity (Wildman–Crippen MR) is 85.4 cm³/mol. The number of halogens is 3. The fourth-order valence-corrected chi connectivity index (χ4v) is 3.21. The zero-order chi connectivity index (χ0) is 16.4. The molecule has 0 saturated carbocycles. The fourth-order valence-electron chi connectivity index (χ4n) is 2.36. The lowest BCUT2D eigenvalue weighted by molar-refractivity contribution is -0.123. The highest BCUT2D eigenvalue weighted by Gasteiger charge is 2.42. The summed E-state index contributed by atoms with van der Waals surface area (Å²) in [4.78, 5) is 11.9. The third-order valence-electron chi connectivity index (χ3n) is 3.42. The summed E-state index contributed by atoms with van der Waals surface area (Å²) in [5, 5.41) is 5.05. The molecule has 1 aromatic carbocycles. The van der Waals surface area contributed by atoms with Gasteiger partial charge in [-0.1, -0.05) is 24.3 Å². The number of alkyl halides is 2. The average Bonchev–Trinajstić information content (AvgIpc) is 2.76. The van der Waals surface area contributed by atoms with Crippen molar-refractivity contribution in [2.24, 2.45) is 0 Å². The number of rotatable bonds is 5. The van der Waals surface area contributed by atoms with E-state index in [1.165, 1.54) is 0 Å². The van der Waals surface area contributed by atoms with Crippen molar-refractivity contribution in [1.29, 1.82) is 0 Å². The molecule has 1 aliphatic rings. The molecule has 1 amide bonds. The second kappa shape index (κ2) is 7.55. The molecular formula is C14H19ClF2N2O3S. The SMILES string of the molecule is CS(=O)(=O)Cc1ccccc1CNC(=O)C1CC(F)(F)CN1.Cl. The maximum absolute atomic E-state index is 13.1. The summed E-state index contributed by atoms with van der Waals surface area (Å²) >= 11 is 0. The Balaban J connectivity index is 0.00000264. The standard InChI is InChI=1S/C14H18F2N2O3S.ClH/c1-22(20,21)8-11-5-3-2-4-10(11)7-17-13(19)12-6-14(15,16)9-18-12;/h2-5,12,18H,6-9H2,1H3,(H,17,19);1H. The zero-order valence-electron chi connectivity index (χ0n) is 12.5. The van der Waals surface area contributed by atoms with E-state index in [2.05, 4.69) is 10.6 Å². The highest BCUT2D eigenvalue weighted by Crippen LogP contribution is 2.25. The summed E-state index contributed by atoms with van der Waals surface area (Å²) in [6, 6.07) is 5.90. The molecule has 1 fully saturated rings. The Labute approximate surface area is 140 Å². The first kappa shape index (κ1) is 19.8. The second-order valence-corrected chi connectivity index (χ2v) is 7.69. The van der Waals surface area contributed by atoms with Gasteiger partial charge < -0.3 is 5.32 Å². The molecule has 1 aliphatic heterocycles. The molecule has 1 heterocycles. The quantitative estimate of drug-likeness (QED) is 0.820. The normalized spacial score (nSPS) is 19.9. The Morgan fingerprint density at radius 3 is 2.48 bits per heavy atom. The lowest BCUT2D eigenvalue weighted by atomic mass is 10.1. The molecule has 130 valence electrons. The fraction of sp³-hybridized carbons (Fsp3) is 0.500. The van der Waals surface area contributed by atoms with E-state index in [1.54, 1.807) is 24.3 Å². The van der Waals surface area contributed by atoms with E-state index in [9.17, 15) is 22.0 Å². The van der Waals surface area contributed by atoms with Crippen LogP contribution in [-0.2, 0) is 26.9 Å². The maximum Gasteiger partial charge on any atom is 0.262 e. The maximum atomic E-state index is 13.1. The first-order chi connectivity index (χ1) is 10.2. The Kier molecular flexibility index (Phi) is 6.49. The van der Waals surface area contributed by atoms with Crippen LogP contribution in [0.1, 0.15) is 17.5 Å². The Hall–Kier alpha value is -1.25. The number of amides is 1. The lowest BCUT2D eigenvalue weighted by Crippen LogP contribution is -2.40. The van der Waals surface area contributed by atoms with Crippen molar-refractivity contribution in [3.05, 3.63) is 35.4 Å². The summed E-state index contributed by atoms with van der Waals surface area (Å²) in [5.41, 5.74) is 1.25. The number of benzene rings is 1. The molecule has 1 atom stereocenters. The number of carbonyl (C=O) groups excluding carboxylic acids is 1. The molecule has 0 radical (unpaired) electrons. The zero-order valence-corrected chi connectivity index (χ0v) is 14.1. The smallest absolute Gasteiger partial charge is 0.262 e. The van der Waals surface area contributed by atoms with E-state index in [4.69, 9.17) is 0 Å². The van der Waals surface area contributed by atoms with Gasteiger partial charge in [0.15, 0.2) is 9.84 Å². The van der Waals surface area contributed by atoms with Crippen LogP contribution in [0.25, 0.3) is 0 Å². The van der Waals surface area contributed by atoms with Crippen molar-refractivity contribution in [2.45, 2.75) is 30.7 Å². The van der Waals surface area contributed by atoms with E-state index in [1.807, 2.05) is 0 Å². The van der Waals surface area contributed by atoms with Crippen molar-refractivity contribution < 1.29 is 22.0 Å². The average molecular weight is 369 g/mol. The van der Waals surface area contributed by atoms with Crippen LogP contribution < -0.4 is 10.6 Å². The number of hydrogen-bond acceptors (Lipinski definition) is 4. The van der Waals surface area contributed by atoms with Crippen molar-refractivity contribution in [2.75, 3.05) is 12.8 Å². The minimum Gasteiger partial charge on any atom is -0.351 e. The third kappa shape index (κ3) is 6.04. The van der Waals surface area contributed by atoms with Crippen LogP contribution in [0.15, 0.2) is 24.3 Å². The van der Waals surface area contributed by atoms with Gasteiger partial charge in [0, 0.05) is 19.2 Å². The number of sulfone groups is 1. The van der Waals surface area contributed by atoms with E-state index >= 15 is 0 Å². The Morgan fingerprint density at radius 2 is 1.96 bits per heavy atom. The van der Waals surface area contributed by atoms with Crippen LogP contribution in [0.3, 0.4) is 0 Å². The highest BCUT2D eigenvalue weighted by atomic mass is 35.5. The molecule has 2 rings (SSSR count). The molecule has 0 spiro atoms. The molecular weight excluding hydrogens is 350 g/mol. The molecule has 0 aliphatic carbocycles. The van der Waals surface area contributed by atoms with Crippen LogP contribution in [-0.4, -0.2) is 39.1 Å². The molecule has 9 heteroatoms. The van der Waals surface area contributed by atoms with Gasteiger partial charge in [-0.25, -0.2) is 17.2 Å². The first-order valence-corrected chi connectivity index (χ1v) is 8.86. The molecule has 0 aromatic heterocycles. The van der Waals surface area contributed by atoms with Gasteiger partial charge in [-0.3, -0.25) is 10.1 Å². The molecule has 1 saturated heterocycles. The Morgan fingerprint density at radius 1 is 1.35 bits per heavy atom. The summed E-state index contributed by atoms with van der Waals surface area (Å²) in [6.07, 6.45) is 0.608. The van der Waals surface area contributed by atoms with Gasteiger partial charge in [0.1, 0.15) is 0 Å². The van der Waals surface area contributed by atoms with E-state index in [0.717, 1.165) is 6.26 Å². The predicted octanol–water partition coefficient (Wildman–Crippen LogP) is 1.27. The van der Waals surface area contributed by atoms with Crippen LogP contribution in [0, 0.1) is 0 Å². The van der Waals surface area contributed by atoms with Gasteiger partial charge in [0.2, 0.25) is 5.91 Å². The molecule has 1 aromatic rings. The topological polar surface area (TPSA) is 75.3 Å². The molecule has 23 heavy (non-hydrogen) atoms. The monoisotopic (exact) mass is 368 g/mol. The van der Waals surface area contributed by atoms with Gasteiger partial charge in [0.05, 0.1) is 18.3 Å². The van der Waals surface area contributed by atoms with Crippen LogP contribution in [0.5, 0.6) is 0 Å². The van der Waals surface area contributed by atoms with Gasteiger partial charge >= 0.3 is 0 Å². The van der Waals surface area contributed by atoms with E-state index in [0.29, 0.717) is 11.1 Å². The molecule has 0 bridgehead atoms. The summed E-state index contributed by atoms with van der Waals surface area (Å²) < 4.78 is 48.9.